The monoisotopic (exact) mass is 404 g/mol. The summed E-state index contributed by atoms with van der Waals surface area (Å²) in [7, 11) is 0. The van der Waals surface area contributed by atoms with E-state index >= 15 is 0 Å². The van der Waals surface area contributed by atoms with E-state index in [-0.39, 0.29) is 11.6 Å². The lowest BCUT2D eigenvalue weighted by atomic mass is 10.1. The van der Waals surface area contributed by atoms with Crippen LogP contribution in [0.25, 0.3) is 10.9 Å². The Kier molecular flexibility index (Phi) is 5.93. The molecule has 0 spiro atoms. The van der Waals surface area contributed by atoms with E-state index in [1.54, 1.807) is 6.20 Å². The fourth-order valence-electron chi connectivity index (χ4n) is 2.84. The van der Waals surface area contributed by atoms with Crippen molar-refractivity contribution in [1.82, 2.24) is 4.98 Å². The van der Waals surface area contributed by atoms with Crippen LogP contribution in [-0.4, -0.2) is 16.1 Å². The van der Waals surface area contributed by atoms with Gasteiger partial charge in [-0.15, -0.1) is 11.8 Å². The number of anilines is 1. The van der Waals surface area contributed by atoms with E-state index in [1.807, 2.05) is 44.2 Å². The molecule has 0 bridgehead atoms. The van der Waals surface area contributed by atoms with Crippen molar-refractivity contribution < 1.29 is 18.0 Å². The van der Waals surface area contributed by atoms with E-state index in [0.717, 1.165) is 21.9 Å². The highest BCUT2D eigenvalue weighted by molar-refractivity contribution is 8.00. The van der Waals surface area contributed by atoms with Crippen LogP contribution in [0, 0.1) is 5.92 Å². The van der Waals surface area contributed by atoms with Gasteiger partial charge >= 0.3 is 6.18 Å². The van der Waals surface area contributed by atoms with Crippen molar-refractivity contribution in [3.05, 3.63) is 66.4 Å². The predicted molar refractivity (Wildman–Crippen MR) is 106 cm³/mol. The largest absolute Gasteiger partial charge is 0.418 e. The molecule has 0 aliphatic heterocycles. The van der Waals surface area contributed by atoms with Crippen LogP contribution in [0.15, 0.2) is 65.7 Å². The summed E-state index contributed by atoms with van der Waals surface area (Å²) in [6.07, 6.45) is -2.87. The smallest absolute Gasteiger partial charge is 0.325 e. The molecule has 0 saturated carbocycles. The second-order valence-corrected chi connectivity index (χ2v) is 7.82. The quantitative estimate of drug-likeness (QED) is 0.530. The molecule has 28 heavy (non-hydrogen) atoms. The van der Waals surface area contributed by atoms with Gasteiger partial charge in [0.15, 0.2) is 0 Å². The Bertz CT molecular complexity index is 983. The molecule has 0 saturated heterocycles. The van der Waals surface area contributed by atoms with Gasteiger partial charge in [-0.05, 0) is 30.2 Å². The van der Waals surface area contributed by atoms with E-state index in [0.29, 0.717) is 0 Å². The number of pyridine rings is 1. The summed E-state index contributed by atoms with van der Waals surface area (Å²) in [6, 6.07) is 14.4. The molecule has 0 radical (unpaired) electrons. The van der Waals surface area contributed by atoms with Crippen LogP contribution in [0.5, 0.6) is 0 Å². The third kappa shape index (κ3) is 4.47. The molecule has 3 nitrogen and oxygen atoms in total. The van der Waals surface area contributed by atoms with Crippen molar-refractivity contribution in [2.24, 2.45) is 5.92 Å². The first kappa shape index (κ1) is 20.2. The zero-order valence-electron chi connectivity index (χ0n) is 15.3. The van der Waals surface area contributed by atoms with Crippen LogP contribution in [-0.2, 0) is 11.0 Å². The van der Waals surface area contributed by atoms with Gasteiger partial charge in [-0.3, -0.25) is 9.78 Å². The zero-order chi connectivity index (χ0) is 20.3. The minimum Gasteiger partial charge on any atom is -0.325 e. The highest BCUT2D eigenvalue weighted by atomic mass is 32.2. The van der Waals surface area contributed by atoms with Gasteiger partial charge in [0.25, 0.3) is 0 Å². The Balaban J connectivity index is 1.88. The lowest BCUT2D eigenvalue weighted by Crippen LogP contribution is -2.30. The minimum absolute atomic E-state index is 0.0880. The maximum Gasteiger partial charge on any atom is 0.418 e. The Hall–Kier alpha value is -2.54. The molecular formula is C21H19F3N2OS. The first-order valence-corrected chi connectivity index (χ1v) is 9.63. The van der Waals surface area contributed by atoms with E-state index in [1.165, 1.54) is 30.0 Å². The summed E-state index contributed by atoms with van der Waals surface area (Å²) in [6.45, 7) is 3.74. The number of nitrogens with one attached hydrogen (secondary N) is 1. The Morgan fingerprint density at radius 1 is 1.04 bits per heavy atom. The first-order chi connectivity index (χ1) is 13.3. The number of alkyl halides is 3. The van der Waals surface area contributed by atoms with Crippen molar-refractivity contribution in [3.8, 4) is 0 Å². The van der Waals surface area contributed by atoms with E-state index in [2.05, 4.69) is 10.3 Å². The van der Waals surface area contributed by atoms with E-state index in [4.69, 9.17) is 0 Å². The highest BCUT2D eigenvalue weighted by Gasteiger charge is 2.34. The van der Waals surface area contributed by atoms with Crippen molar-refractivity contribution in [3.63, 3.8) is 0 Å². The molecule has 1 unspecified atom stereocenters. The molecule has 7 heteroatoms. The lowest BCUT2D eigenvalue weighted by Gasteiger charge is -2.22. The summed E-state index contributed by atoms with van der Waals surface area (Å²) in [5, 5.41) is 2.82. The van der Waals surface area contributed by atoms with Gasteiger partial charge in [-0.2, -0.15) is 13.2 Å². The van der Waals surface area contributed by atoms with Crippen LogP contribution in [0.1, 0.15) is 19.4 Å². The fraction of sp³-hybridized carbons (Fsp3) is 0.238. The molecule has 1 N–H and O–H groups in total. The predicted octanol–water partition coefficient (Wildman–Crippen LogP) is 6.01. The lowest BCUT2D eigenvalue weighted by molar-refractivity contribution is -0.137. The molecule has 2 aromatic carbocycles. The van der Waals surface area contributed by atoms with Crippen molar-refractivity contribution in [2.45, 2.75) is 30.2 Å². The standard InChI is InChI=1S/C21H19F3N2OS/c1-13(2)19(28-18-11-12-25-16-9-5-3-7-14(16)18)20(27)26-17-10-6-4-8-15(17)21(22,23)24/h3-13,19H,1-2H3,(H,26,27). The number of fused-ring (bicyclic) bond motifs is 1. The number of amides is 1. The number of rotatable bonds is 5. The molecule has 1 aromatic heterocycles. The van der Waals surface area contributed by atoms with Crippen LogP contribution in [0.2, 0.25) is 0 Å². The summed E-state index contributed by atoms with van der Waals surface area (Å²) >= 11 is 1.33. The number of nitrogens with zero attached hydrogens (tertiary/aromatic N) is 1. The van der Waals surface area contributed by atoms with E-state index < -0.39 is 22.9 Å². The Morgan fingerprint density at radius 3 is 2.43 bits per heavy atom. The number of hydrogen-bond donors (Lipinski definition) is 1. The van der Waals surface area contributed by atoms with Crippen LogP contribution in [0.4, 0.5) is 18.9 Å². The molecule has 1 atom stereocenters. The van der Waals surface area contributed by atoms with Crippen molar-refractivity contribution in [2.75, 3.05) is 5.32 Å². The number of benzene rings is 2. The second kappa shape index (κ2) is 8.22. The molecule has 3 rings (SSSR count). The van der Waals surface area contributed by atoms with E-state index in [9.17, 15) is 18.0 Å². The Labute approximate surface area is 165 Å². The van der Waals surface area contributed by atoms with Gasteiger partial charge in [-0.25, -0.2) is 0 Å². The first-order valence-electron chi connectivity index (χ1n) is 8.75. The van der Waals surface area contributed by atoms with Gasteiger partial charge < -0.3 is 5.32 Å². The second-order valence-electron chi connectivity index (χ2n) is 6.64. The number of para-hydroxylation sites is 2. The average Bonchev–Trinajstić information content (AvgIpc) is 2.65. The van der Waals surface area contributed by atoms with Gasteiger partial charge in [0.1, 0.15) is 0 Å². The average molecular weight is 404 g/mol. The van der Waals surface area contributed by atoms with Crippen LogP contribution in [0.3, 0.4) is 0 Å². The van der Waals surface area contributed by atoms with Gasteiger partial charge in [0, 0.05) is 16.5 Å². The Morgan fingerprint density at radius 2 is 1.71 bits per heavy atom. The summed E-state index contributed by atoms with van der Waals surface area (Å²) in [5.41, 5.74) is -0.283. The molecule has 0 fully saturated rings. The summed E-state index contributed by atoms with van der Waals surface area (Å²) < 4.78 is 39.6. The van der Waals surface area contributed by atoms with Crippen LogP contribution < -0.4 is 5.32 Å². The fourth-order valence-corrected chi connectivity index (χ4v) is 4.00. The summed E-state index contributed by atoms with van der Waals surface area (Å²) in [5.74, 6) is -0.549. The van der Waals surface area contributed by atoms with Crippen molar-refractivity contribution >= 4 is 34.3 Å². The molecular weight excluding hydrogens is 385 g/mol. The molecule has 0 aliphatic carbocycles. The zero-order valence-corrected chi connectivity index (χ0v) is 16.1. The third-order valence-corrected chi connectivity index (χ3v) is 5.84. The number of hydrogen-bond acceptors (Lipinski definition) is 3. The van der Waals surface area contributed by atoms with Gasteiger partial charge in [-0.1, -0.05) is 44.2 Å². The minimum atomic E-state index is -4.54. The highest BCUT2D eigenvalue weighted by Crippen LogP contribution is 2.37. The SMILES string of the molecule is CC(C)C(Sc1ccnc2ccccc12)C(=O)Nc1ccccc1C(F)(F)F. The molecule has 146 valence electrons. The molecule has 1 amide bonds. The molecule has 3 aromatic rings. The molecule has 0 aliphatic rings. The number of halogens is 3. The van der Waals surface area contributed by atoms with Crippen molar-refractivity contribution in [1.29, 1.82) is 0 Å². The van der Waals surface area contributed by atoms with Crippen LogP contribution >= 0.6 is 11.8 Å². The maximum absolute atomic E-state index is 13.2. The normalized spacial score (nSPS) is 12.9. The number of carbonyl (C=O) groups excluding carboxylic acids is 1. The maximum atomic E-state index is 13.2. The summed E-state index contributed by atoms with van der Waals surface area (Å²) in [4.78, 5) is 18.0. The number of carbonyl (C=O) groups is 1. The number of thioether (sulfide) groups is 1. The van der Waals surface area contributed by atoms with Gasteiger partial charge in [0.05, 0.1) is 22.0 Å². The molecule has 1 heterocycles. The topological polar surface area (TPSA) is 42.0 Å². The third-order valence-electron chi connectivity index (χ3n) is 4.22. The number of aromatic nitrogens is 1. The van der Waals surface area contributed by atoms with Gasteiger partial charge in [0.2, 0.25) is 5.91 Å².